The molecule has 0 spiro atoms. The summed E-state index contributed by atoms with van der Waals surface area (Å²) in [6.45, 7) is 1.45. The predicted octanol–water partition coefficient (Wildman–Crippen LogP) is 3.51. The molecule has 0 aliphatic carbocycles. The van der Waals surface area contributed by atoms with E-state index >= 15 is 0 Å². The van der Waals surface area contributed by atoms with Gasteiger partial charge >= 0.3 is 0 Å². The number of alkyl halides is 1. The fourth-order valence-corrected chi connectivity index (χ4v) is 2.29. The Morgan fingerprint density at radius 3 is 2.79 bits per heavy atom. The summed E-state index contributed by atoms with van der Waals surface area (Å²) < 4.78 is 12.2. The van der Waals surface area contributed by atoms with Crippen molar-refractivity contribution in [2.75, 3.05) is 13.2 Å². The van der Waals surface area contributed by atoms with Crippen molar-refractivity contribution in [2.24, 2.45) is 0 Å². The molecule has 0 amide bonds. The van der Waals surface area contributed by atoms with Crippen LogP contribution in [0.4, 0.5) is 0 Å². The number of hydrogen-bond acceptors (Lipinski definition) is 2. The third-order valence-corrected chi connectivity index (χ3v) is 3.25. The van der Waals surface area contributed by atoms with Gasteiger partial charge in [-0.3, -0.25) is 0 Å². The molecule has 14 heavy (non-hydrogen) atoms. The van der Waals surface area contributed by atoms with Gasteiger partial charge in [0.05, 0.1) is 17.7 Å². The first-order valence-electron chi connectivity index (χ1n) is 4.45. The van der Waals surface area contributed by atoms with Gasteiger partial charge in [-0.25, -0.2) is 0 Å². The molecule has 1 aliphatic rings. The first-order chi connectivity index (χ1) is 6.81. The lowest BCUT2D eigenvalue weighted by Gasteiger charge is -2.10. The maximum Gasteiger partial charge on any atom is 0.175 e. The van der Waals surface area contributed by atoms with Gasteiger partial charge in [0.15, 0.2) is 11.5 Å². The molecular formula is C10H10Br2O2. The Morgan fingerprint density at radius 2 is 2.00 bits per heavy atom. The van der Waals surface area contributed by atoms with Crippen LogP contribution < -0.4 is 9.47 Å². The zero-order chi connectivity index (χ0) is 9.97. The van der Waals surface area contributed by atoms with Crippen LogP contribution in [-0.2, 0) is 5.33 Å². The molecular weight excluding hydrogens is 312 g/mol. The average Bonchev–Trinajstić information content (AvgIpc) is 2.42. The van der Waals surface area contributed by atoms with Crippen molar-refractivity contribution in [1.82, 2.24) is 0 Å². The highest BCUT2D eigenvalue weighted by Crippen LogP contribution is 2.38. The highest BCUT2D eigenvalue weighted by molar-refractivity contribution is 9.10. The molecule has 1 aromatic rings. The fourth-order valence-electron chi connectivity index (χ4n) is 1.36. The topological polar surface area (TPSA) is 18.5 Å². The molecule has 0 atom stereocenters. The van der Waals surface area contributed by atoms with Gasteiger partial charge in [0.2, 0.25) is 0 Å². The first kappa shape index (κ1) is 10.3. The van der Waals surface area contributed by atoms with Crippen molar-refractivity contribution in [3.63, 3.8) is 0 Å². The van der Waals surface area contributed by atoms with Crippen molar-refractivity contribution < 1.29 is 9.47 Å². The van der Waals surface area contributed by atoms with Crippen molar-refractivity contribution in [1.29, 1.82) is 0 Å². The van der Waals surface area contributed by atoms with Crippen LogP contribution in [0.3, 0.4) is 0 Å². The molecule has 0 saturated heterocycles. The molecule has 0 saturated carbocycles. The minimum Gasteiger partial charge on any atom is -0.490 e. The summed E-state index contributed by atoms with van der Waals surface area (Å²) in [5.74, 6) is 1.67. The van der Waals surface area contributed by atoms with Crippen molar-refractivity contribution in [2.45, 2.75) is 11.8 Å². The van der Waals surface area contributed by atoms with Gasteiger partial charge in [0.25, 0.3) is 0 Å². The van der Waals surface area contributed by atoms with E-state index in [1.807, 2.05) is 12.1 Å². The molecule has 2 rings (SSSR count). The van der Waals surface area contributed by atoms with E-state index in [4.69, 9.17) is 9.47 Å². The van der Waals surface area contributed by atoms with Gasteiger partial charge in [-0.05, 0) is 33.6 Å². The molecule has 0 unspecified atom stereocenters. The van der Waals surface area contributed by atoms with E-state index in [1.165, 1.54) is 5.56 Å². The summed E-state index contributed by atoms with van der Waals surface area (Å²) in [5, 5.41) is 0.822. The Kier molecular flexibility index (Phi) is 3.34. The predicted molar refractivity (Wildman–Crippen MR) is 62.4 cm³/mol. The summed E-state index contributed by atoms with van der Waals surface area (Å²) in [5.41, 5.74) is 1.18. The Balaban J connectivity index is 2.43. The largest absolute Gasteiger partial charge is 0.490 e. The number of rotatable bonds is 1. The van der Waals surface area contributed by atoms with Gasteiger partial charge in [0, 0.05) is 11.8 Å². The highest BCUT2D eigenvalue weighted by atomic mass is 79.9. The first-order valence-corrected chi connectivity index (χ1v) is 6.36. The van der Waals surface area contributed by atoms with Crippen LogP contribution in [0.1, 0.15) is 12.0 Å². The Hall–Kier alpha value is -0.220. The fraction of sp³-hybridized carbons (Fsp3) is 0.400. The molecule has 1 aromatic carbocycles. The molecule has 2 nitrogen and oxygen atoms in total. The van der Waals surface area contributed by atoms with Gasteiger partial charge in [-0.1, -0.05) is 15.9 Å². The molecule has 4 heteroatoms. The number of ether oxygens (including phenoxy) is 2. The van der Waals surface area contributed by atoms with Gasteiger partial charge in [-0.15, -0.1) is 0 Å². The molecule has 0 fully saturated rings. The van der Waals surface area contributed by atoms with Crippen LogP contribution in [0.15, 0.2) is 16.6 Å². The van der Waals surface area contributed by atoms with E-state index in [0.717, 1.165) is 40.9 Å². The zero-order valence-electron chi connectivity index (χ0n) is 7.56. The number of fused-ring (bicyclic) bond motifs is 1. The summed E-state index contributed by atoms with van der Waals surface area (Å²) in [6.07, 6.45) is 0.935. The smallest absolute Gasteiger partial charge is 0.175 e. The van der Waals surface area contributed by atoms with Crippen LogP contribution in [0.5, 0.6) is 11.5 Å². The minimum absolute atomic E-state index is 0.721. The van der Waals surface area contributed by atoms with Crippen LogP contribution in [0.25, 0.3) is 0 Å². The molecule has 0 radical (unpaired) electrons. The molecule has 1 aliphatic heterocycles. The van der Waals surface area contributed by atoms with Crippen LogP contribution in [0, 0.1) is 0 Å². The van der Waals surface area contributed by atoms with Crippen LogP contribution >= 0.6 is 31.9 Å². The standard InChI is InChI=1S/C10H10Br2O2/c11-6-7-4-8(12)10-9(5-7)13-2-1-3-14-10/h4-5H,1-3,6H2. The molecule has 1 heterocycles. The Morgan fingerprint density at radius 1 is 1.21 bits per heavy atom. The summed E-state index contributed by atoms with van der Waals surface area (Å²) >= 11 is 6.90. The highest BCUT2D eigenvalue weighted by Gasteiger charge is 2.14. The van der Waals surface area contributed by atoms with E-state index < -0.39 is 0 Å². The lowest BCUT2D eigenvalue weighted by molar-refractivity contribution is 0.296. The van der Waals surface area contributed by atoms with Crippen molar-refractivity contribution >= 4 is 31.9 Å². The Bertz CT molecular complexity index is 339. The molecule has 0 aromatic heterocycles. The monoisotopic (exact) mass is 320 g/mol. The third-order valence-electron chi connectivity index (χ3n) is 2.02. The summed E-state index contributed by atoms with van der Waals surface area (Å²) in [4.78, 5) is 0. The summed E-state index contributed by atoms with van der Waals surface area (Å²) in [7, 11) is 0. The van der Waals surface area contributed by atoms with E-state index in [1.54, 1.807) is 0 Å². The van der Waals surface area contributed by atoms with Gasteiger partial charge < -0.3 is 9.47 Å². The lowest BCUT2D eigenvalue weighted by Crippen LogP contribution is -1.97. The minimum atomic E-state index is 0.721. The number of halogens is 2. The number of benzene rings is 1. The number of hydrogen-bond donors (Lipinski definition) is 0. The van der Waals surface area contributed by atoms with Crippen molar-refractivity contribution in [3.8, 4) is 11.5 Å². The summed E-state index contributed by atoms with van der Waals surface area (Å²) in [6, 6.07) is 4.06. The van der Waals surface area contributed by atoms with Gasteiger partial charge in [0.1, 0.15) is 0 Å². The maximum absolute atomic E-state index is 5.60. The second-order valence-corrected chi connectivity index (χ2v) is 4.50. The van der Waals surface area contributed by atoms with E-state index in [0.29, 0.717) is 0 Å². The second kappa shape index (κ2) is 4.53. The van der Waals surface area contributed by atoms with E-state index in [-0.39, 0.29) is 0 Å². The van der Waals surface area contributed by atoms with E-state index in [9.17, 15) is 0 Å². The quantitative estimate of drug-likeness (QED) is 0.737. The normalized spacial score (nSPS) is 15.0. The van der Waals surface area contributed by atoms with Gasteiger partial charge in [-0.2, -0.15) is 0 Å². The molecule has 0 bridgehead atoms. The van der Waals surface area contributed by atoms with Crippen LogP contribution in [-0.4, -0.2) is 13.2 Å². The third kappa shape index (κ3) is 2.06. The molecule has 0 N–H and O–H groups in total. The average molecular weight is 322 g/mol. The van der Waals surface area contributed by atoms with Crippen LogP contribution in [0.2, 0.25) is 0 Å². The second-order valence-electron chi connectivity index (χ2n) is 3.09. The van der Waals surface area contributed by atoms with Crippen molar-refractivity contribution in [3.05, 3.63) is 22.2 Å². The SMILES string of the molecule is BrCc1cc(Br)c2c(c1)OCCCO2. The van der Waals surface area contributed by atoms with E-state index in [2.05, 4.69) is 31.9 Å². The maximum atomic E-state index is 5.60. The Labute approximate surface area is 99.8 Å². The molecule has 76 valence electrons. The zero-order valence-corrected chi connectivity index (χ0v) is 10.7. The lowest BCUT2D eigenvalue weighted by atomic mass is 10.2.